The Hall–Kier alpha value is -2.98. The molecule has 1 saturated heterocycles. The first-order chi connectivity index (χ1) is 15.3. The van der Waals surface area contributed by atoms with Gasteiger partial charge >= 0.3 is 0 Å². The molecule has 0 saturated carbocycles. The maximum Gasteiger partial charge on any atom is 0.253 e. The van der Waals surface area contributed by atoms with Crippen LogP contribution in [0.1, 0.15) is 45.1 Å². The third kappa shape index (κ3) is 3.63. The lowest BCUT2D eigenvalue weighted by Gasteiger charge is -2.39. The monoisotopic (exact) mass is 439 g/mol. The molecule has 10 nitrogen and oxygen atoms in total. The maximum absolute atomic E-state index is 13.4. The molecule has 1 N–H and O–H groups in total. The maximum atomic E-state index is 13.4. The van der Waals surface area contributed by atoms with E-state index in [0.29, 0.717) is 28.4 Å². The van der Waals surface area contributed by atoms with Crippen molar-refractivity contribution in [3.05, 3.63) is 39.9 Å². The van der Waals surface area contributed by atoms with Crippen molar-refractivity contribution in [3.8, 4) is 11.5 Å². The van der Waals surface area contributed by atoms with Crippen molar-refractivity contribution in [1.29, 1.82) is 0 Å². The van der Waals surface area contributed by atoms with Crippen molar-refractivity contribution in [1.82, 2.24) is 35.0 Å². The summed E-state index contributed by atoms with van der Waals surface area (Å²) in [4.78, 5) is 21.1. The largest absolute Gasteiger partial charge is 0.454 e. The molecule has 0 radical (unpaired) electrons. The van der Waals surface area contributed by atoms with Crippen LogP contribution in [0.5, 0.6) is 11.5 Å². The third-order valence-electron chi connectivity index (χ3n) is 6.25. The lowest BCUT2D eigenvalue weighted by atomic mass is 10.0. The van der Waals surface area contributed by atoms with Crippen LogP contribution in [-0.2, 0) is 5.54 Å². The highest BCUT2D eigenvalue weighted by Crippen LogP contribution is 2.36. The van der Waals surface area contributed by atoms with Crippen molar-refractivity contribution < 1.29 is 9.47 Å². The molecule has 3 aromatic rings. The topological polar surface area (TPSA) is 101 Å². The zero-order chi connectivity index (χ0) is 22.5. The van der Waals surface area contributed by atoms with E-state index < -0.39 is 0 Å². The Kier molecular flexibility index (Phi) is 5.13. The number of aromatic nitrogens is 5. The number of hydrogen-bond acceptors (Lipinski definition) is 8. The molecular formula is C22H29N7O3. The molecule has 2 aliphatic heterocycles. The summed E-state index contributed by atoms with van der Waals surface area (Å²) < 4.78 is 12.8. The smallest absolute Gasteiger partial charge is 0.253 e. The Morgan fingerprint density at radius 3 is 2.50 bits per heavy atom. The molecule has 2 aliphatic rings. The highest BCUT2D eigenvalue weighted by Gasteiger charge is 2.34. The van der Waals surface area contributed by atoms with Gasteiger partial charge in [-0.15, -0.1) is 5.10 Å². The van der Waals surface area contributed by atoms with Crippen molar-refractivity contribution >= 4 is 10.9 Å². The average molecular weight is 440 g/mol. The van der Waals surface area contributed by atoms with Gasteiger partial charge in [0.25, 0.3) is 5.56 Å². The first-order valence-electron chi connectivity index (χ1n) is 11.1. The molecule has 4 heterocycles. The van der Waals surface area contributed by atoms with Crippen LogP contribution in [0.3, 0.4) is 0 Å². The Balaban J connectivity index is 1.64. The van der Waals surface area contributed by atoms with Gasteiger partial charge in [-0.2, -0.15) is 0 Å². The van der Waals surface area contributed by atoms with Gasteiger partial charge in [-0.05, 0) is 49.9 Å². The zero-order valence-corrected chi connectivity index (χ0v) is 19.0. The number of hydrogen-bond donors (Lipinski definition) is 1. The van der Waals surface area contributed by atoms with E-state index in [2.05, 4.69) is 58.0 Å². The van der Waals surface area contributed by atoms with Crippen LogP contribution in [0.25, 0.3) is 10.9 Å². The number of H-pyrrole nitrogens is 1. The van der Waals surface area contributed by atoms with Gasteiger partial charge in [0.1, 0.15) is 6.04 Å². The normalized spacial score (nSPS) is 18.4. The van der Waals surface area contributed by atoms with Crippen molar-refractivity contribution in [2.75, 3.05) is 39.5 Å². The van der Waals surface area contributed by atoms with E-state index >= 15 is 0 Å². The van der Waals surface area contributed by atoms with E-state index in [1.165, 1.54) is 0 Å². The molecule has 10 heteroatoms. The van der Waals surface area contributed by atoms with Crippen LogP contribution >= 0.6 is 0 Å². The number of benzene rings is 1. The lowest BCUT2D eigenvalue weighted by molar-refractivity contribution is 0.105. The lowest BCUT2D eigenvalue weighted by Crippen LogP contribution is -2.49. The first kappa shape index (κ1) is 20.9. The molecule has 0 unspecified atom stereocenters. The Labute approximate surface area is 186 Å². The molecule has 32 heavy (non-hydrogen) atoms. The molecule has 1 fully saturated rings. The summed E-state index contributed by atoms with van der Waals surface area (Å²) in [6.07, 6.45) is 0. The predicted molar refractivity (Wildman–Crippen MR) is 119 cm³/mol. The van der Waals surface area contributed by atoms with E-state index in [4.69, 9.17) is 9.47 Å². The minimum absolute atomic E-state index is 0.150. The van der Waals surface area contributed by atoms with E-state index in [-0.39, 0.29) is 23.9 Å². The van der Waals surface area contributed by atoms with Crippen LogP contribution in [0.15, 0.2) is 23.0 Å². The van der Waals surface area contributed by atoms with E-state index in [9.17, 15) is 4.79 Å². The highest BCUT2D eigenvalue weighted by molar-refractivity contribution is 5.83. The molecule has 1 aromatic carbocycles. The molecule has 0 spiro atoms. The number of piperazine rings is 1. The SMILES string of the molecule is CCN1CCN([C@@H](c2cc3cc4c(cc3[nH]c2=O)OCO4)c2nnnn2C(C)(C)C)CC1. The predicted octanol–water partition coefficient (Wildman–Crippen LogP) is 1.73. The summed E-state index contributed by atoms with van der Waals surface area (Å²) in [5.41, 5.74) is 0.870. The summed E-state index contributed by atoms with van der Waals surface area (Å²) in [7, 11) is 0. The minimum Gasteiger partial charge on any atom is -0.454 e. The molecule has 0 amide bonds. The number of ether oxygens (including phenoxy) is 2. The van der Waals surface area contributed by atoms with Crippen LogP contribution < -0.4 is 15.0 Å². The Bertz CT molecular complexity index is 1190. The summed E-state index contributed by atoms with van der Waals surface area (Å²) in [6, 6.07) is 5.31. The quantitative estimate of drug-likeness (QED) is 0.656. The number of nitrogens with zero attached hydrogens (tertiary/aromatic N) is 6. The van der Waals surface area contributed by atoms with E-state index in [1.54, 1.807) is 0 Å². The average Bonchev–Trinajstić information content (AvgIpc) is 3.42. The van der Waals surface area contributed by atoms with Crippen molar-refractivity contribution in [2.45, 2.75) is 39.3 Å². The molecule has 1 atom stereocenters. The molecule has 170 valence electrons. The van der Waals surface area contributed by atoms with Gasteiger partial charge in [0.2, 0.25) is 6.79 Å². The van der Waals surface area contributed by atoms with Crippen LogP contribution in [0.2, 0.25) is 0 Å². The second-order valence-electron chi connectivity index (χ2n) is 9.34. The third-order valence-corrected chi connectivity index (χ3v) is 6.25. The number of rotatable bonds is 4. The van der Waals surface area contributed by atoms with Crippen LogP contribution in [0, 0.1) is 0 Å². The molecular weight excluding hydrogens is 410 g/mol. The number of nitrogens with one attached hydrogen (secondary N) is 1. The fourth-order valence-corrected chi connectivity index (χ4v) is 4.50. The van der Waals surface area contributed by atoms with Gasteiger partial charge in [-0.25, -0.2) is 4.68 Å². The summed E-state index contributed by atoms with van der Waals surface area (Å²) in [5, 5.41) is 13.5. The molecule has 0 bridgehead atoms. The fourth-order valence-electron chi connectivity index (χ4n) is 4.50. The van der Waals surface area contributed by atoms with E-state index in [1.807, 2.05) is 22.9 Å². The summed E-state index contributed by atoms with van der Waals surface area (Å²) >= 11 is 0. The molecule has 2 aromatic heterocycles. The zero-order valence-electron chi connectivity index (χ0n) is 19.0. The van der Waals surface area contributed by atoms with Crippen molar-refractivity contribution in [2.24, 2.45) is 0 Å². The van der Waals surface area contributed by atoms with E-state index in [0.717, 1.165) is 38.1 Å². The van der Waals surface area contributed by atoms with Gasteiger partial charge in [-0.3, -0.25) is 9.69 Å². The van der Waals surface area contributed by atoms with Gasteiger partial charge < -0.3 is 19.4 Å². The van der Waals surface area contributed by atoms with Gasteiger partial charge in [0.05, 0.1) is 11.1 Å². The number of likely N-dealkylation sites (N-methyl/N-ethyl adjacent to an activating group) is 1. The number of pyridine rings is 1. The second kappa shape index (κ2) is 7.86. The fraction of sp³-hybridized carbons (Fsp3) is 0.545. The minimum atomic E-state index is -0.359. The molecule has 5 rings (SSSR count). The van der Waals surface area contributed by atoms with Gasteiger partial charge in [0.15, 0.2) is 17.3 Å². The van der Waals surface area contributed by atoms with Crippen LogP contribution in [-0.4, -0.2) is 74.5 Å². The number of fused-ring (bicyclic) bond motifs is 2. The first-order valence-corrected chi connectivity index (χ1v) is 11.1. The Morgan fingerprint density at radius 1 is 1.09 bits per heavy atom. The number of aromatic amines is 1. The Morgan fingerprint density at radius 2 is 1.81 bits per heavy atom. The van der Waals surface area contributed by atoms with Gasteiger partial charge in [-0.1, -0.05) is 6.92 Å². The highest BCUT2D eigenvalue weighted by atomic mass is 16.7. The standard InChI is InChI=1S/C22H29N7O3/c1-5-27-6-8-28(9-7-27)19(20-24-25-26-29(20)22(2,3)4)15-10-14-11-17-18(32-13-31-17)12-16(14)23-21(15)30/h10-12,19H,5-9,13H2,1-4H3,(H,23,30)/t19-/m0/s1. The summed E-state index contributed by atoms with van der Waals surface area (Å²) in [6.45, 7) is 13.1. The number of tetrazole rings is 1. The molecule has 0 aliphatic carbocycles. The van der Waals surface area contributed by atoms with Gasteiger partial charge in [0, 0.05) is 43.2 Å². The van der Waals surface area contributed by atoms with Crippen LogP contribution in [0.4, 0.5) is 0 Å². The van der Waals surface area contributed by atoms with Crippen molar-refractivity contribution in [3.63, 3.8) is 0 Å². The summed E-state index contributed by atoms with van der Waals surface area (Å²) in [5.74, 6) is 2.00. The second-order valence-corrected chi connectivity index (χ2v) is 9.34.